The van der Waals surface area contributed by atoms with Gasteiger partial charge in [-0.15, -0.1) is 0 Å². The molecule has 1 unspecified atom stereocenters. The number of nitrogens with zero attached hydrogens (tertiary/aromatic N) is 2. The molecule has 1 atom stereocenters. The van der Waals surface area contributed by atoms with Gasteiger partial charge in [0.2, 0.25) is 0 Å². The molecule has 1 amide bonds. The molecular formula is C20H18F4N4O3. The Hall–Kier alpha value is -3.21. The third-order valence-corrected chi connectivity index (χ3v) is 5.23. The van der Waals surface area contributed by atoms with Crippen molar-refractivity contribution in [3.05, 3.63) is 57.4 Å². The number of amides is 1. The second kappa shape index (κ2) is 7.49. The van der Waals surface area contributed by atoms with Crippen molar-refractivity contribution in [3.8, 4) is 11.3 Å². The lowest BCUT2D eigenvalue weighted by Gasteiger charge is -2.18. The van der Waals surface area contributed by atoms with Crippen LogP contribution in [0.4, 0.5) is 17.6 Å². The molecule has 0 saturated heterocycles. The average Bonchev–Trinajstić information content (AvgIpc) is 3.46. The van der Waals surface area contributed by atoms with E-state index in [1.54, 1.807) is 18.3 Å². The quantitative estimate of drug-likeness (QED) is 0.534. The maximum atomic E-state index is 13.9. The number of benzene rings is 1. The predicted octanol–water partition coefficient (Wildman–Crippen LogP) is 2.67. The molecular weight excluding hydrogens is 420 g/mol. The molecule has 2 aromatic heterocycles. The topological polar surface area (TPSA) is 99.5 Å². The van der Waals surface area contributed by atoms with Crippen LogP contribution in [0.5, 0.6) is 0 Å². The number of carbonyl (C=O) groups is 1. The Kier molecular flexibility index (Phi) is 5.08. The Bertz CT molecular complexity index is 1230. The predicted molar refractivity (Wildman–Crippen MR) is 102 cm³/mol. The highest BCUT2D eigenvalue weighted by Gasteiger charge is 2.42. The molecule has 0 radical (unpaired) electrons. The van der Waals surface area contributed by atoms with Crippen molar-refractivity contribution in [1.29, 1.82) is 0 Å². The van der Waals surface area contributed by atoms with E-state index in [4.69, 9.17) is 5.11 Å². The minimum atomic E-state index is -4.84. The zero-order valence-corrected chi connectivity index (χ0v) is 16.3. The molecule has 11 heteroatoms. The number of aromatic nitrogens is 3. The van der Waals surface area contributed by atoms with E-state index in [0.717, 1.165) is 4.52 Å². The Balaban J connectivity index is 1.81. The molecule has 7 nitrogen and oxygen atoms in total. The van der Waals surface area contributed by atoms with Crippen molar-refractivity contribution in [1.82, 2.24) is 19.9 Å². The van der Waals surface area contributed by atoms with E-state index in [1.165, 1.54) is 18.3 Å². The number of fused-ring (bicyclic) bond motifs is 1. The number of carbonyl (C=O) groups excluding carboxylic acids is 1. The molecule has 2 heterocycles. The van der Waals surface area contributed by atoms with Crippen molar-refractivity contribution in [2.24, 2.45) is 0 Å². The zero-order valence-electron chi connectivity index (χ0n) is 16.3. The fraction of sp³-hybridized carbons (Fsp3) is 0.350. The van der Waals surface area contributed by atoms with Gasteiger partial charge in [-0.05, 0) is 37.3 Å². The van der Waals surface area contributed by atoms with Gasteiger partial charge < -0.3 is 15.4 Å². The van der Waals surface area contributed by atoms with Gasteiger partial charge >= 0.3 is 6.18 Å². The summed E-state index contributed by atoms with van der Waals surface area (Å²) >= 11 is 0. The zero-order chi connectivity index (χ0) is 22.5. The fourth-order valence-electron chi connectivity index (χ4n) is 3.39. The number of hydrogen-bond donors (Lipinski definition) is 3. The summed E-state index contributed by atoms with van der Waals surface area (Å²) in [5, 5.41) is 14.8. The number of rotatable bonds is 5. The van der Waals surface area contributed by atoms with E-state index >= 15 is 0 Å². The molecule has 1 saturated carbocycles. The smallest absolute Gasteiger partial charge is 0.394 e. The van der Waals surface area contributed by atoms with Crippen LogP contribution in [0.1, 0.15) is 40.4 Å². The first-order chi connectivity index (χ1) is 14.6. The molecule has 3 N–H and O–H groups in total. The molecule has 1 aliphatic carbocycles. The van der Waals surface area contributed by atoms with E-state index < -0.39 is 36.1 Å². The van der Waals surface area contributed by atoms with Crippen LogP contribution in [0, 0.1) is 12.7 Å². The lowest BCUT2D eigenvalue weighted by molar-refractivity contribution is -0.161. The molecule has 164 valence electrons. The van der Waals surface area contributed by atoms with E-state index in [1.807, 2.05) is 0 Å². The summed E-state index contributed by atoms with van der Waals surface area (Å²) in [7, 11) is 0. The second-order valence-corrected chi connectivity index (χ2v) is 7.54. The molecule has 31 heavy (non-hydrogen) atoms. The van der Waals surface area contributed by atoms with Crippen LogP contribution in [-0.4, -0.2) is 44.4 Å². The van der Waals surface area contributed by atoms with Gasteiger partial charge in [-0.3, -0.25) is 9.59 Å². The monoisotopic (exact) mass is 438 g/mol. The molecule has 4 rings (SSSR count). The van der Waals surface area contributed by atoms with Crippen molar-refractivity contribution < 1.29 is 27.5 Å². The molecule has 1 fully saturated rings. The first kappa shape index (κ1) is 21.0. The highest BCUT2D eigenvalue weighted by atomic mass is 19.4. The van der Waals surface area contributed by atoms with Crippen LogP contribution in [0.25, 0.3) is 16.8 Å². The van der Waals surface area contributed by atoms with Crippen LogP contribution >= 0.6 is 0 Å². The number of H-pyrrole nitrogens is 1. The van der Waals surface area contributed by atoms with Crippen molar-refractivity contribution in [2.75, 3.05) is 6.61 Å². The SMILES string of the molecule is Cc1ccc(-c2cn3nc(C(=O)NC(CO)C(F)(F)F)c(C4CC4)c3c(=O)[nH]2)cc1F. The number of aliphatic hydroxyl groups excluding tert-OH is 1. The lowest BCUT2D eigenvalue weighted by atomic mass is 10.1. The third-order valence-electron chi connectivity index (χ3n) is 5.23. The highest BCUT2D eigenvalue weighted by molar-refractivity contribution is 5.96. The number of alkyl halides is 3. The maximum Gasteiger partial charge on any atom is 0.410 e. The fourth-order valence-corrected chi connectivity index (χ4v) is 3.39. The second-order valence-electron chi connectivity index (χ2n) is 7.54. The molecule has 1 aliphatic rings. The Morgan fingerprint density at radius 2 is 2.10 bits per heavy atom. The standard InChI is InChI=1S/C20H18F4N4O3/c1-9-2-3-11(6-12(9)21)13-7-28-17(19(31)25-13)15(10-4-5-10)16(27-28)18(30)26-14(8-29)20(22,23)24/h2-3,6-7,10,14,29H,4-5,8H2,1H3,(H,25,31)(H,26,30). The largest absolute Gasteiger partial charge is 0.410 e. The summed E-state index contributed by atoms with van der Waals surface area (Å²) in [6, 6.07) is 1.92. The summed E-state index contributed by atoms with van der Waals surface area (Å²) in [4.78, 5) is 28.0. The van der Waals surface area contributed by atoms with E-state index in [9.17, 15) is 27.2 Å². The Morgan fingerprint density at radius 3 is 2.68 bits per heavy atom. The van der Waals surface area contributed by atoms with Gasteiger partial charge in [0.15, 0.2) is 5.69 Å². The van der Waals surface area contributed by atoms with Gasteiger partial charge in [0.1, 0.15) is 17.4 Å². The first-order valence-corrected chi connectivity index (χ1v) is 9.50. The molecule has 0 bridgehead atoms. The number of hydrogen-bond acceptors (Lipinski definition) is 4. The minimum absolute atomic E-state index is 0.0524. The number of nitrogens with one attached hydrogen (secondary N) is 2. The van der Waals surface area contributed by atoms with Crippen molar-refractivity contribution >= 4 is 11.4 Å². The summed E-state index contributed by atoms with van der Waals surface area (Å²) in [6.45, 7) is 0.261. The van der Waals surface area contributed by atoms with E-state index in [2.05, 4.69) is 10.1 Å². The van der Waals surface area contributed by atoms with Crippen LogP contribution in [0.3, 0.4) is 0 Å². The van der Waals surface area contributed by atoms with Crippen molar-refractivity contribution in [3.63, 3.8) is 0 Å². The third kappa shape index (κ3) is 3.92. The summed E-state index contributed by atoms with van der Waals surface area (Å²) in [5.74, 6) is -1.79. The highest BCUT2D eigenvalue weighted by Crippen LogP contribution is 2.43. The summed E-state index contributed by atoms with van der Waals surface area (Å²) < 4.78 is 53.9. The number of aromatic amines is 1. The number of aryl methyl sites for hydroxylation is 1. The van der Waals surface area contributed by atoms with Crippen molar-refractivity contribution in [2.45, 2.75) is 37.9 Å². The summed E-state index contributed by atoms with van der Waals surface area (Å²) in [5.41, 5.74) is 0.440. The molecule has 0 aliphatic heterocycles. The van der Waals surface area contributed by atoms with Crippen LogP contribution in [0.15, 0.2) is 29.2 Å². The maximum absolute atomic E-state index is 13.9. The number of halogens is 4. The summed E-state index contributed by atoms with van der Waals surface area (Å²) in [6.07, 6.45) is -2.14. The van der Waals surface area contributed by atoms with Gasteiger partial charge in [-0.25, -0.2) is 8.91 Å². The minimum Gasteiger partial charge on any atom is -0.394 e. The lowest BCUT2D eigenvalue weighted by Crippen LogP contribution is -2.48. The van der Waals surface area contributed by atoms with Crippen LogP contribution < -0.4 is 10.9 Å². The van der Waals surface area contributed by atoms with Gasteiger partial charge in [-0.2, -0.15) is 18.3 Å². The Morgan fingerprint density at radius 1 is 1.39 bits per heavy atom. The van der Waals surface area contributed by atoms with Gasteiger partial charge in [-0.1, -0.05) is 12.1 Å². The number of aliphatic hydroxyl groups is 1. The Labute approximate surface area is 172 Å². The van der Waals surface area contributed by atoms with E-state index in [0.29, 0.717) is 24.0 Å². The van der Waals surface area contributed by atoms with Gasteiger partial charge in [0, 0.05) is 11.1 Å². The van der Waals surface area contributed by atoms with Crippen LogP contribution in [-0.2, 0) is 0 Å². The van der Waals surface area contributed by atoms with Gasteiger partial charge in [0.05, 0.1) is 18.5 Å². The van der Waals surface area contributed by atoms with E-state index in [-0.39, 0.29) is 28.4 Å². The molecule has 3 aromatic rings. The van der Waals surface area contributed by atoms with Crippen LogP contribution in [0.2, 0.25) is 0 Å². The first-order valence-electron chi connectivity index (χ1n) is 9.50. The van der Waals surface area contributed by atoms with Gasteiger partial charge in [0.25, 0.3) is 11.5 Å². The molecule has 0 spiro atoms. The normalized spacial score (nSPS) is 15.3. The molecule has 1 aromatic carbocycles. The average molecular weight is 438 g/mol.